The van der Waals surface area contributed by atoms with Crippen molar-refractivity contribution in [1.82, 2.24) is 15.5 Å². The molecule has 4 amide bonds. The summed E-state index contributed by atoms with van der Waals surface area (Å²) >= 11 is 0. The second-order valence-electron chi connectivity index (χ2n) is 10.2. The molecule has 0 radical (unpaired) electrons. The molecule has 6 fully saturated rings. The van der Waals surface area contributed by atoms with Gasteiger partial charge in [-0.2, -0.15) is 0 Å². The molecule has 5 saturated carbocycles. The highest BCUT2D eigenvalue weighted by Crippen LogP contribution is 2.55. The van der Waals surface area contributed by atoms with Crippen molar-refractivity contribution in [2.75, 3.05) is 6.54 Å². The molecule has 0 unspecified atom stereocenters. The summed E-state index contributed by atoms with van der Waals surface area (Å²) in [5.74, 6) is 2.01. The van der Waals surface area contributed by atoms with E-state index in [1.165, 1.54) is 19.3 Å². The van der Waals surface area contributed by atoms with Crippen LogP contribution < -0.4 is 10.6 Å². The highest BCUT2D eigenvalue weighted by atomic mass is 16.2. The van der Waals surface area contributed by atoms with Gasteiger partial charge in [0, 0.05) is 5.54 Å². The van der Waals surface area contributed by atoms with Crippen molar-refractivity contribution < 1.29 is 14.4 Å². The van der Waals surface area contributed by atoms with Gasteiger partial charge < -0.3 is 10.6 Å². The van der Waals surface area contributed by atoms with Gasteiger partial charge in [0.2, 0.25) is 5.91 Å². The number of amides is 4. The first-order valence-electron chi connectivity index (χ1n) is 10.8. The summed E-state index contributed by atoms with van der Waals surface area (Å²) in [6.07, 6.45) is 10.9. The topological polar surface area (TPSA) is 78.5 Å². The smallest absolute Gasteiger partial charge is 0.325 e. The van der Waals surface area contributed by atoms with Gasteiger partial charge in [0.25, 0.3) is 5.91 Å². The Labute approximate surface area is 160 Å². The molecule has 6 nitrogen and oxygen atoms in total. The van der Waals surface area contributed by atoms with E-state index in [0.717, 1.165) is 61.2 Å². The van der Waals surface area contributed by atoms with Gasteiger partial charge >= 0.3 is 6.03 Å². The maximum atomic E-state index is 13.1. The van der Waals surface area contributed by atoms with E-state index in [-0.39, 0.29) is 29.8 Å². The molecule has 6 heteroatoms. The van der Waals surface area contributed by atoms with E-state index in [1.807, 2.05) is 6.92 Å². The third kappa shape index (κ3) is 2.70. The van der Waals surface area contributed by atoms with E-state index in [9.17, 15) is 14.4 Å². The van der Waals surface area contributed by atoms with Gasteiger partial charge in [-0.15, -0.1) is 0 Å². The fraction of sp³-hybridized carbons (Fsp3) is 0.857. The van der Waals surface area contributed by atoms with Gasteiger partial charge in [0.1, 0.15) is 12.1 Å². The van der Waals surface area contributed by atoms with Crippen molar-refractivity contribution in [2.24, 2.45) is 23.7 Å². The maximum absolute atomic E-state index is 13.1. The number of carbonyl (C=O) groups excluding carboxylic acids is 3. The normalized spacial score (nSPS) is 45.4. The number of urea groups is 1. The zero-order valence-electron chi connectivity index (χ0n) is 16.3. The Morgan fingerprint density at radius 1 is 1.11 bits per heavy atom. The molecule has 1 heterocycles. The maximum Gasteiger partial charge on any atom is 0.325 e. The molecule has 6 aliphatic rings. The number of nitrogens with one attached hydrogen (secondary N) is 2. The molecule has 0 aromatic carbocycles. The molecule has 27 heavy (non-hydrogen) atoms. The Bertz CT molecular complexity index is 655. The van der Waals surface area contributed by atoms with Gasteiger partial charge in [-0.05, 0) is 75.0 Å². The van der Waals surface area contributed by atoms with Crippen LogP contribution in [0, 0.1) is 23.7 Å². The van der Waals surface area contributed by atoms with Crippen molar-refractivity contribution >= 4 is 17.8 Å². The number of rotatable bonds is 3. The number of carbonyl (C=O) groups is 3. The summed E-state index contributed by atoms with van der Waals surface area (Å²) in [7, 11) is 0. The molecular formula is C21H31N3O3. The zero-order valence-corrected chi connectivity index (χ0v) is 16.3. The van der Waals surface area contributed by atoms with Gasteiger partial charge in [-0.3, -0.25) is 14.5 Å². The number of nitrogens with zero attached hydrogens (tertiary/aromatic N) is 1. The molecule has 0 aromatic heterocycles. The molecule has 1 saturated heterocycles. The van der Waals surface area contributed by atoms with Crippen LogP contribution >= 0.6 is 0 Å². The van der Waals surface area contributed by atoms with E-state index in [4.69, 9.17) is 0 Å². The summed E-state index contributed by atoms with van der Waals surface area (Å²) in [6, 6.07) is -0.394. The standard InChI is InChI=1S/C21H31N3O3/c1-13-4-2-3-5-21(13)18(26)24(19(27)23-21)12-17(25)22-20-9-14-6-15(10-20)8-16(7-14)11-20/h13-16H,2-12H2,1H3,(H,22,25)(H,23,27)/t13-,14?,15?,16?,20?,21-/m0/s1. The lowest BCUT2D eigenvalue weighted by atomic mass is 9.53. The molecule has 5 aliphatic carbocycles. The second-order valence-corrected chi connectivity index (χ2v) is 10.2. The molecule has 1 aliphatic heterocycles. The van der Waals surface area contributed by atoms with Crippen molar-refractivity contribution in [3.63, 3.8) is 0 Å². The Morgan fingerprint density at radius 3 is 2.33 bits per heavy atom. The third-order valence-corrected chi connectivity index (χ3v) is 8.25. The Hall–Kier alpha value is -1.59. The van der Waals surface area contributed by atoms with Crippen LogP contribution in [0.5, 0.6) is 0 Å². The van der Waals surface area contributed by atoms with Crippen molar-refractivity contribution in [3.8, 4) is 0 Å². The molecule has 0 aromatic rings. The molecule has 6 rings (SSSR count). The minimum absolute atomic E-state index is 0.0824. The highest BCUT2D eigenvalue weighted by Gasteiger charge is 2.56. The average molecular weight is 373 g/mol. The van der Waals surface area contributed by atoms with Crippen LogP contribution in [-0.4, -0.2) is 40.4 Å². The molecule has 148 valence electrons. The first kappa shape index (κ1) is 17.5. The van der Waals surface area contributed by atoms with Gasteiger partial charge in [-0.1, -0.05) is 19.8 Å². The predicted octanol–water partition coefficient (Wildman–Crippen LogP) is 2.57. The predicted molar refractivity (Wildman–Crippen MR) is 99.7 cm³/mol. The van der Waals surface area contributed by atoms with Gasteiger partial charge in [0.05, 0.1) is 0 Å². The van der Waals surface area contributed by atoms with E-state index in [2.05, 4.69) is 10.6 Å². The van der Waals surface area contributed by atoms with E-state index < -0.39 is 11.6 Å². The first-order valence-corrected chi connectivity index (χ1v) is 10.8. The van der Waals surface area contributed by atoms with Crippen molar-refractivity contribution in [2.45, 2.75) is 82.2 Å². The van der Waals surface area contributed by atoms with E-state index in [0.29, 0.717) is 6.42 Å². The second kappa shape index (κ2) is 5.95. The lowest BCUT2D eigenvalue weighted by Crippen LogP contribution is -2.61. The summed E-state index contributed by atoms with van der Waals surface area (Å²) < 4.78 is 0. The number of hydrogen-bond donors (Lipinski definition) is 2. The van der Waals surface area contributed by atoms with Crippen LogP contribution in [0.1, 0.15) is 71.1 Å². The van der Waals surface area contributed by atoms with Crippen molar-refractivity contribution in [3.05, 3.63) is 0 Å². The van der Waals surface area contributed by atoms with Crippen LogP contribution in [0.15, 0.2) is 0 Å². The van der Waals surface area contributed by atoms with Gasteiger partial charge in [0.15, 0.2) is 0 Å². The lowest BCUT2D eigenvalue weighted by molar-refractivity contribution is -0.138. The lowest BCUT2D eigenvalue weighted by Gasteiger charge is -2.56. The molecule has 1 spiro atoms. The fourth-order valence-electron chi connectivity index (χ4n) is 7.38. The van der Waals surface area contributed by atoms with Crippen LogP contribution in [0.25, 0.3) is 0 Å². The number of imide groups is 1. The monoisotopic (exact) mass is 373 g/mol. The van der Waals surface area contributed by atoms with Crippen molar-refractivity contribution in [1.29, 1.82) is 0 Å². The average Bonchev–Trinajstić information content (AvgIpc) is 2.81. The zero-order chi connectivity index (χ0) is 18.8. The van der Waals surface area contributed by atoms with Crippen LogP contribution in [-0.2, 0) is 9.59 Å². The largest absolute Gasteiger partial charge is 0.349 e. The van der Waals surface area contributed by atoms with Crippen LogP contribution in [0.4, 0.5) is 4.79 Å². The van der Waals surface area contributed by atoms with E-state index >= 15 is 0 Å². The summed E-state index contributed by atoms with van der Waals surface area (Å²) in [6.45, 7) is 1.90. The Morgan fingerprint density at radius 2 is 1.74 bits per heavy atom. The Balaban J connectivity index is 1.27. The SMILES string of the molecule is C[C@H]1CCCC[C@]12NC(=O)N(CC(=O)NC13CC4CC(CC(C4)C1)C3)C2=O. The van der Waals surface area contributed by atoms with Crippen LogP contribution in [0.2, 0.25) is 0 Å². The minimum Gasteiger partial charge on any atom is -0.349 e. The molecular weight excluding hydrogens is 342 g/mol. The quantitative estimate of drug-likeness (QED) is 0.747. The molecule has 2 atom stereocenters. The third-order valence-electron chi connectivity index (χ3n) is 8.25. The molecule has 2 N–H and O–H groups in total. The highest BCUT2D eigenvalue weighted by molar-refractivity contribution is 6.09. The summed E-state index contributed by atoms with van der Waals surface area (Å²) in [5.41, 5.74) is -0.864. The summed E-state index contributed by atoms with van der Waals surface area (Å²) in [4.78, 5) is 39.6. The minimum atomic E-state index is -0.781. The Kier molecular flexibility index (Phi) is 3.86. The number of hydrogen-bond acceptors (Lipinski definition) is 3. The van der Waals surface area contributed by atoms with Crippen LogP contribution in [0.3, 0.4) is 0 Å². The summed E-state index contributed by atoms with van der Waals surface area (Å²) in [5, 5.41) is 6.22. The first-order chi connectivity index (χ1) is 12.9. The fourth-order valence-corrected chi connectivity index (χ4v) is 7.38. The van der Waals surface area contributed by atoms with Gasteiger partial charge in [-0.25, -0.2) is 4.79 Å². The van der Waals surface area contributed by atoms with E-state index in [1.54, 1.807) is 0 Å². The molecule has 4 bridgehead atoms.